The van der Waals surface area contributed by atoms with Gasteiger partial charge in [-0.15, -0.1) is 21.5 Å². The summed E-state index contributed by atoms with van der Waals surface area (Å²) in [5.41, 5.74) is 14.8. The lowest BCUT2D eigenvalue weighted by Crippen LogP contribution is -2.54. The molecule has 5 aliphatic heterocycles. The number of aliphatic hydroxyl groups is 1. The largest absolute Gasteiger partial charge is 0.507 e. The van der Waals surface area contributed by atoms with Gasteiger partial charge < -0.3 is 54.9 Å². The predicted octanol–water partition coefficient (Wildman–Crippen LogP) is 8.52. The van der Waals surface area contributed by atoms with Crippen LogP contribution in [-0.2, 0) is 14.3 Å². The molecule has 438 valence electrons. The number of carbonyl (C=O) groups is 2. The van der Waals surface area contributed by atoms with Gasteiger partial charge in [0.1, 0.15) is 23.8 Å². The Labute approximate surface area is 489 Å². The van der Waals surface area contributed by atoms with E-state index in [1.807, 2.05) is 87.9 Å². The average molecular weight is 1150 g/mol. The van der Waals surface area contributed by atoms with E-state index in [-0.39, 0.29) is 66.3 Å². The number of β-amino-alcohol motifs (C(OH)–C–C–N with tert-alkyl or cyclic N) is 1. The van der Waals surface area contributed by atoms with Crippen LogP contribution in [0, 0.1) is 18.8 Å². The second kappa shape index (κ2) is 22.9. The Hall–Kier alpha value is -6.87. The summed E-state index contributed by atoms with van der Waals surface area (Å²) < 4.78 is 19.2. The maximum Gasteiger partial charge on any atom is 0.243 e. The van der Waals surface area contributed by atoms with E-state index in [4.69, 9.17) is 19.7 Å². The SMILES string of the molecule is Cc1ncsc1-c1ccc([C@H](C)NC(=O)[C@@H]2C[C@@H](O)CN2C(=O)[C@@H](c2cc(N3CCC(C4(N5CCC(O[C@H]6C[C@H](Oc7cc(N8C9CCC8CN(c8cc(-c%10ccccc%10O)nnc8N)C9)ccn7)C6)CC5)CC4)CC3)no2)C(C)C)cc1. The number of phenolic OH excluding ortho intramolecular Hbond substituents is 1. The minimum absolute atomic E-state index is 0.0859. The van der Waals surface area contributed by atoms with Gasteiger partial charge in [-0.1, -0.05) is 55.4 Å². The number of hydrogen-bond acceptors (Lipinski definition) is 18. The van der Waals surface area contributed by atoms with Gasteiger partial charge in [-0.25, -0.2) is 9.97 Å². The highest BCUT2D eigenvalue weighted by atomic mass is 32.1. The van der Waals surface area contributed by atoms with E-state index in [9.17, 15) is 19.8 Å². The molecule has 2 saturated carbocycles. The molecule has 0 spiro atoms. The van der Waals surface area contributed by atoms with Crippen molar-refractivity contribution in [3.05, 3.63) is 102 Å². The Morgan fingerprint density at radius 1 is 0.831 bits per heavy atom. The molecule has 20 heteroatoms. The molecule has 2 aromatic carbocycles. The number of para-hydroxylation sites is 1. The van der Waals surface area contributed by atoms with Crippen LogP contribution in [0.5, 0.6) is 11.6 Å². The Morgan fingerprint density at radius 3 is 2.28 bits per heavy atom. The molecule has 6 atom stereocenters. The third-order valence-electron chi connectivity index (χ3n) is 19.4. The molecule has 2 aliphatic carbocycles. The standard InChI is InChI=1S/C63H78N12O7S/c1-37(2)58(62(79)74-35-46(76)28-53(74)61(78)67-38(3)40-9-11-41(12-10-40)59-39(4)66-36-83-59)55-32-56(70-82-55)71-23-16-42(17-24-71)63(20-21-63)73-25-18-47(19-26-73)80-48-29-49(30-48)81-57-27-43(15-22-65-57)75-44-13-14-45(75)34-72(33-44)52-31-51(68-69-60(52)64)50-7-5-6-8-54(50)77/h5-12,15,22,27,31-32,36-38,42,44-49,53,58,76-77H,13-14,16-21,23-26,28-30,33-35H2,1-4H3,(H2,64,69)(H,67,78)/t38-,44?,45?,46+,48-,49-,53-,58+/m0/s1. The molecule has 2 unspecified atom stereocenters. The van der Waals surface area contributed by atoms with Crippen molar-refractivity contribution in [1.82, 2.24) is 40.4 Å². The van der Waals surface area contributed by atoms with Crippen LogP contribution < -0.4 is 30.5 Å². The van der Waals surface area contributed by atoms with Crippen molar-refractivity contribution in [2.45, 2.75) is 158 Å². The second-order valence-corrected chi connectivity index (χ2v) is 25.8. The smallest absolute Gasteiger partial charge is 0.243 e. The highest BCUT2D eigenvalue weighted by Gasteiger charge is 2.55. The Morgan fingerprint density at radius 2 is 1.58 bits per heavy atom. The van der Waals surface area contributed by atoms with Crippen molar-refractivity contribution in [1.29, 1.82) is 0 Å². The number of carbonyl (C=O) groups excluding carboxylic acids is 2. The molecule has 83 heavy (non-hydrogen) atoms. The molecule has 9 heterocycles. The van der Waals surface area contributed by atoms with Gasteiger partial charge in [0, 0.05) is 112 Å². The normalized spacial score (nSPS) is 25.4. The van der Waals surface area contributed by atoms with Gasteiger partial charge in [-0.2, -0.15) is 0 Å². The quantitative estimate of drug-likeness (QED) is 0.0671. The molecule has 5 N–H and O–H groups in total. The molecule has 7 aliphatic rings. The van der Waals surface area contributed by atoms with Crippen LogP contribution in [-0.4, -0.2) is 151 Å². The number of likely N-dealkylation sites (tertiary alicyclic amines) is 2. The van der Waals surface area contributed by atoms with Crippen molar-refractivity contribution in [2.24, 2.45) is 11.8 Å². The Kier molecular flexibility index (Phi) is 15.3. The number of phenols is 1. The number of hydrogen-bond donors (Lipinski definition) is 4. The van der Waals surface area contributed by atoms with Crippen LogP contribution in [0.4, 0.5) is 23.0 Å². The van der Waals surface area contributed by atoms with Crippen molar-refractivity contribution in [3.8, 4) is 33.3 Å². The number of aromatic nitrogens is 5. The van der Waals surface area contributed by atoms with E-state index < -0.39 is 18.1 Å². The number of nitrogens with zero attached hydrogens (tertiary/aromatic N) is 10. The number of rotatable bonds is 17. The lowest BCUT2D eigenvalue weighted by Gasteiger charge is -2.45. The van der Waals surface area contributed by atoms with Gasteiger partial charge in [0.15, 0.2) is 17.4 Å². The maximum absolute atomic E-state index is 14.5. The fraction of sp³-hybridized carbons (Fsp3) is 0.540. The highest BCUT2D eigenvalue weighted by molar-refractivity contribution is 7.13. The number of ether oxygens (including phenoxy) is 2. The summed E-state index contributed by atoms with van der Waals surface area (Å²) in [5, 5.41) is 37.6. The summed E-state index contributed by atoms with van der Waals surface area (Å²) in [7, 11) is 0. The van der Waals surface area contributed by atoms with Gasteiger partial charge in [-0.05, 0) is 112 Å². The highest BCUT2D eigenvalue weighted by Crippen LogP contribution is 2.53. The number of aryl methyl sites for hydroxylation is 1. The number of fused-ring (bicyclic) bond motifs is 2. The zero-order valence-electron chi connectivity index (χ0n) is 48.1. The minimum atomic E-state index is -0.803. The number of anilines is 4. The fourth-order valence-electron chi connectivity index (χ4n) is 14.7. The molecule has 2 amide bonds. The number of piperidine rings is 2. The summed E-state index contributed by atoms with van der Waals surface area (Å²) >= 11 is 1.60. The Balaban J connectivity index is 0.552. The number of benzene rings is 2. The molecule has 6 aromatic rings. The zero-order chi connectivity index (χ0) is 57.1. The van der Waals surface area contributed by atoms with Gasteiger partial charge in [0.25, 0.3) is 0 Å². The van der Waals surface area contributed by atoms with Crippen LogP contribution in [0.3, 0.4) is 0 Å². The summed E-state index contributed by atoms with van der Waals surface area (Å²) in [5.74, 6) is 1.78. The van der Waals surface area contributed by atoms with Gasteiger partial charge >= 0.3 is 0 Å². The first-order valence-corrected chi connectivity index (χ1v) is 31.1. The zero-order valence-corrected chi connectivity index (χ0v) is 48.9. The molecule has 19 nitrogen and oxygen atoms in total. The molecular formula is C63H78N12O7S. The summed E-state index contributed by atoms with van der Waals surface area (Å²) in [6.07, 6.45) is 12.4. The predicted molar refractivity (Wildman–Crippen MR) is 318 cm³/mol. The first-order chi connectivity index (χ1) is 40.2. The number of thiazole rings is 1. The summed E-state index contributed by atoms with van der Waals surface area (Å²) in [4.78, 5) is 50.0. The van der Waals surface area contributed by atoms with Crippen molar-refractivity contribution >= 4 is 46.2 Å². The van der Waals surface area contributed by atoms with Crippen LogP contribution in [0.2, 0.25) is 0 Å². The molecular weight excluding hydrogens is 1070 g/mol. The van der Waals surface area contributed by atoms with Crippen LogP contribution in [0.1, 0.15) is 120 Å². The van der Waals surface area contributed by atoms with E-state index >= 15 is 0 Å². The monoisotopic (exact) mass is 1150 g/mol. The lowest BCUT2D eigenvalue weighted by atomic mass is 9.85. The second-order valence-electron chi connectivity index (χ2n) is 24.9. The van der Waals surface area contributed by atoms with E-state index in [1.54, 1.807) is 28.4 Å². The van der Waals surface area contributed by atoms with Crippen molar-refractivity contribution < 1.29 is 33.8 Å². The lowest BCUT2D eigenvalue weighted by molar-refractivity contribution is -0.141. The number of aromatic hydroxyl groups is 1. The van der Waals surface area contributed by atoms with Crippen LogP contribution >= 0.6 is 11.3 Å². The first kappa shape index (κ1) is 55.3. The minimum Gasteiger partial charge on any atom is -0.507 e. The fourth-order valence-corrected chi connectivity index (χ4v) is 15.5. The number of pyridine rings is 1. The van der Waals surface area contributed by atoms with E-state index in [0.717, 1.165) is 130 Å². The molecule has 13 rings (SSSR count). The number of piperazine rings is 1. The summed E-state index contributed by atoms with van der Waals surface area (Å²) in [6.45, 7) is 13.5. The van der Waals surface area contributed by atoms with E-state index in [0.29, 0.717) is 46.7 Å². The molecule has 5 saturated heterocycles. The van der Waals surface area contributed by atoms with Crippen molar-refractivity contribution in [2.75, 3.05) is 66.2 Å². The Bertz CT molecular complexity index is 3260. The third kappa shape index (κ3) is 11.1. The molecule has 0 radical (unpaired) electrons. The number of amides is 2. The number of nitrogen functional groups attached to an aromatic ring is 1. The number of nitrogens with two attached hydrogens (primary N) is 1. The maximum atomic E-state index is 14.5. The average Bonchev–Trinajstić information content (AvgIpc) is 2.45. The summed E-state index contributed by atoms with van der Waals surface area (Å²) in [6, 6.07) is 22.9. The van der Waals surface area contributed by atoms with Crippen LogP contribution in [0.15, 0.2) is 89.0 Å². The van der Waals surface area contributed by atoms with Gasteiger partial charge in [0.2, 0.25) is 17.7 Å². The van der Waals surface area contributed by atoms with Gasteiger partial charge in [0.05, 0.1) is 51.8 Å². The van der Waals surface area contributed by atoms with Gasteiger partial charge in [-0.3, -0.25) is 14.5 Å². The van der Waals surface area contributed by atoms with Crippen LogP contribution in [0.25, 0.3) is 21.7 Å². The molecule has 7 fully saturated rings. The molecule has 2 bridgehead atoms. The van der Waals surface area contributed by atoms with Crippen molar-refractivity contribution in [3.63, 3.8) is 0 Å². The van der Waals surface area contributed by atoms with E-state index in [2.05, 4.69) is 62.4 Å². The number of nitrogens with one attached hydrogen (secondary N) is 1. The third-order valence-corrected chi connectivity index (χ3v) is 20.3. The van der Waals surface area contributed by atoms with E-state index in [1.165, 1.54) is 12.8 Å². The number of aliphatic hydroxyl groups excluding tert-OH is 1. The topological polar surface area (TPSA) is 225 Å². The molecule has 4 aromatic heterocycles. The first-order valence-electron chi connectivity index (χ1n) is 30.2.